The first-order valence-corrected chi connectivity index (χ1v) is 14.8. The van der Waals surface area contributed by atoms with Crippen molar-refractivity contribution in [2.75, 3.05) is 17.7 Å². The number of nitrogens with zero attached hydrogens (tertiary/aromatic N) is 3. The van der Waals surface area contributed by atoms with Gasteiger partial charge in [-0.1, -0.05) is 29.4 Å². The van der Waals surface area contributed by atoms with Crippen molar-refractivity contribution in [2.45, 2.75) is 57.3 Å². The van der Waals surface area contributed by atoms with Crippen LogP contribution in [0.3, 0.4) is 0 Å². The number of esters is 1. The maximum atomic E-state index is 12.9. The maximum absolute atomic E-state index is 12.9. The van der Waals surface area contributed by atoms with E-state index in [9.17, 15) is 14.4 Å². The molecule has 0 aliphatic heterocycles. The first-order chi connectivity index (χ1) is 18.8. The number of nitrogens with one attached hydrogen (secondary N) is 2. The Labute approximate surface area is 240 Å². The number of anilines is 1. The molecule has 0 unspecified atom stereocenters. The van der Waals surface area contributed by atoms with Crippen LogP contribution in [-0.2, 0) is 28.9 Å². The van der Waals surface area contributed by atoms with E-state index in [-0.39, 0.29) is 24.2 Å². The van der Waals surface area contributed by atoms with E-state index in [2.05, 4.69) is 27.4 Å². The van der Waals surface area contributed by atoms with Crippen LogP contribution >= 0.6 is 34.7 Å². The van der Waals surface area contributed by atoms with Gasteiger partial charge in [-0.2, -0.15) is 0 Å². The molecule has 39 heavy (non-hydrogen) atoms. The van der Waals surface area contributed by atoms with Gasteiger partial charge in [0.05, 0.1) is 24.0 Å². The Morgan fingerprint density at radius 2 is 1.97 bits per heavy atom. The third kappa shape index (κ3) is 6.90. The summed E-state index contributed by atoms with van der Waals surface area (Å²) in [6.07, 6.45) is 5.49. The second kappa shape index (κ2) is 13.3. The fourth-order valence-electron chi connectivity index (χ4n) is 4.34. The number of benzene rings is 1. The minimum Gasteiger partial charge on any atom is -0.462 e. The first-order valence-electron chi connectivity index (χ1n) is 12.7. The van der Waals surface area contributed by atoms with Crippen molar-refractivity contribution in [2.24, 2.45) is 0 Å². The van der Waals surface area contributed by atoms with Crippen LogP contribution in [0.25, 0.3) is 0 Å². The third-order valence-electron chi connectivity index (χ3n) is 6.13. The van der Waals surface area contributed by atoms with Gasteiger partial charge in [-0.05, 0) is 69.4 Å². The Bertz CT molecular complexity index is 1370. The number of carbonyl (C=O) groups is 3. The lowest BCUT2D eigenvalue weighted by atomic mass is 9.95. The number of hydrogen-bond acceptors (Lipinski definition) is 8. The van der Waals surface area contributed by atoms with Crippen LogP contribution < -0.4 is 10.6 Å². The van der Waals surface area contributed by atoms with E-state index in [1.54, 1.807) is 37.3 Å². The van der Waals surface area contributed by atoms with Crippen molar-refractivity contribution < 1.29 is 19.1 Å². The molecule has 12 heteroatoms. The van der Waals surface area contributed by atoms with Crippen LogP contribution in [0.4, 0.5) is 5.00 Å². The third-order valence-corrected chi connectivity index (χ3v) is 8.56. The molecule has 0 saturated heterocycles. The number of allylic oxidation sites excluding steroid dienone is 1. The molecule has 0 spiro atoms. The lowest BCUT2D eigenvalue weighted by molar-refractivity contribution is -0.113. The fraction of sp³-hybridized carbons (Fsp3) is 0.370. The Kier molecular flexibility index (Phi) is 9.82. The van der Waals surface area contributed by atoms with Crippen LogP contribution in [0.1, 0.15) is 69.7 Å². The van der Waals surface area contributed by atoms with E-state index < -0.39 is 12.0 Å². The lowest BCUT2D eigenvalue weighted by Crippen LogP contribution is -2.28. The smallest absolute Gasteiger partial charge is 0.341 e. The van der Waals surface area contributed by atoms with Gasteiger partial charge in [-0.15, -0.1) is 28.1 Å². The van der Waals surface area contributed by atoms with Crippen molar-refractivity contribution in [3.63, 3.8) is 0 Å². The van der Waals surface area contributed by atoms with Crippen molar-refractivity contribution >= 4 is 57.5 Å². The lowest BCUT2D eigenvalue weighted by Gasteiger charge is -2.15. The largest absolute Gasteiger partial charge is 0.462 e. The highest BCUT2D eigenvalue weighted by Gasteiger charge is 2.27. The number of thioether (sulfide) groups is 1. The zero-order chi connectivity index (χ0) is 27.9. The van der Waals surface area contributed by atoms with Crippen molar-refractivity contribution in [1.29, 1.82) is 0 Å². The molecule has 2 aromatic heterocycles. The van der Waals surface area contributed by atoms with Crippen LogP contribution in [0.15, 0.2) is 42.1 Å². The maximum Gasteiger partial charge on any atom is 0.341 e. The summed E-state index contributed by atoms with van der Waals surface area (Å²) in [6, 6.07) is 6.16. The van der Waals surface area contributed by atoms with Crippen molar-refractivity contribution in [1.82, 2.24) is 20.1 Å². The van der Waals surface area contributed by atoms with E-state index >= 15 is 0 Å². The highest BCUT2D eigenvalue weighted by atomic mass is 35.5. The summed E-state index contributed by atoms with van der Waals surface area (Å²) < 4.78 is 7.09. The Morgan fingerprint density at radius 3 is 2.69 bits per heavy atom. The number of aromatic nitrogens is 3. The minimum atomic E-state index is -0.451. The van der Waals surface area contributed by atoms with Gasteiger partial charge in [-0.25, -0.2) is 4.79 Å². The van der Waals surface area contributed by atoms with E-state index in [0.29, 0.717) is 38.7 Å². The second-order valence-corrected chi connectivity index (χ2v) is 11.4. The number of aryl methyl sites for hydroxylation is 1. The molecule has 2 amide bonds. The van der Waals surface area contributed by atoms with Gasteiger partial charge >= 0.3 is 5.97 Å². The summed E-state index contributed by atoms with van der Waals surface area (Å²) in [5.41, 5.74) is 1.96. The minimum absolute atomic E-state index is 0.0611. The molecular formula is C27H30ClN5O4S2. The number of amides is 2. The first kappa shape index (κ1) is 28.8. The van der Waals surface area contributed by atoms with Gasteiger partial charge in [0, 0.05) is 22.0 Å². The molecular weight excluding hydrogens is 558 g/mol. The standard InChI is InChI=1S/C27H30ClN5O4S2/c1-4-14-33-23(16(3)29-24(35)17-10-12-18(28)13-11-17)31-32-27(33)38-15-21(34)30-25-22(26(36)37-5-2)19-8-6-7-9-20(19)39-25/h4,10-13,16H,1,5-9,14-15H2,2-3H3,(H,29,35)(H,30,34)/t16-/m0/s1. The van der Waals surface area contributed by atoms with Gasteiger partial charge < -0.3 is 19.9 Å². The van der Waals surface area contributed by atoms with Gasteiger partial charge in [0.1, 0.15) is 5.00 Å². The molecule has 0 radical (unpaired) electrons. The van der Waals surface area contributed by atoms with Crippen LogP contribution in [0.5, 0.6) is 0 Å². The molecule has 2 N–H and O–H groups in total. The molecule has 4 rings (SSSR count). The molecule has 1 atom stereocenters. The molecule has 2 heterocycles. The number of hydrogen-bond donors (Lipinski definition) is 2. The van der Waals surface area contributed by atoms with Crippen LogP contribution in [-0.4, -0.2) is 44.9 Å². The molecule has 1 aliphatic rings. The molecule has 206 valence electrons. The number of carbonyl (C=O) groups excluding carboxylic acids is 3. The van der Waals surface area contributed by atoms with Gasteiger partial charge in [-0.3, -0.25) is 9.59 Å². The number of fused-ring (bicyclic) bond motifs is 1. The number of thiophene rings is 1. The van der Waals surface area contributed by atoms with Gasteiger partial charge in [0.25, 0.3) is 5.91 Å². The second-order valence-electron chi connectivity index (χ2n) is 8.91. The molecule has 3 aromatic rings. The summed E-state index contributed by atoms with van der Waals surface area (Å²) in [5, 5.41) is 16.0. The SMILES string of the molecule is C=CCn1c(SCC(=O)Nc2sc3c(c2C(=O)OCC)CCCC3)nnc1[C@H](C)NC(=O)c1ccc(Cl)cc1. The quantitative estimate of drug-likeness (QED) is 0.174. The fourth-order valence-corrected chi connectivity index (χ4v) is 6.51. The summed E-state index contributed by atoms with van der Waals surface area (Å²) in [7, 11) is 0. The summed E-state index contributed by atoms with van der Waals surface area (Å²) in [6.45, 7) is 8.06. The normalized spacial score (nSPS) is 13.3. The van der Waals surface area contributed by atoms with Crippen molar-refractivity contribution in [3.05, 3.63) is 69.3 Å². The predicted molar refractivity (Wildman–Crippen MR) is 154 cm³/mol. The highest BCUT2D eigenvalue weighted by molar-refractivity contribution is 7.99. The van der Waals surface area contributed by atoms with Gasteiger partial charge in [0.15, 0.2) is 11.0 Å². The molecule has 1 aromatic carbocycles. The van der Waals surface area contributed by atoms with E-state index in [1.807, 2.05) is 11.5 Å². The molecule has 0 saturated carbocycles. The van der Waals surface area contributed by atoms with Crippen molar-refractivity contribution in [3.8, 4) is 0 Å². The molecule has 1 aliphatic carbocycles. The average Bonchev–Trinajstić information content (AvgIpc) is 3.49. The topological polar surface area (TPSA) is 115 Å². The van der Waals surface area contributed by atoms with Crippen LogP contribution in [0.2, 0.25) is 5.02 Å². The number of ether oxygens (including phenoxy) is 1. The van der Waals surface area contributed by atoms with Crippen LogP contribution in [0, 0.1) is 0 Å². The number of halogens is 1. The Morgan fingerprint density at radius 1 is 1.23 bits per heavy atom. The highest BCUT2D eigenvalue weighted by Crippen LogP contribution is 2.38. The molecule has 0 bridgehead atoms. The predicted octanol–water partition coefficient (Wildman–Crippen LogP) is 5.46. The van der Waals surface area contributed by atoms with Gasteiger partial charge in [0.2, 0.25) is 5.91 Å². The zero-order valence-corrected chi connectivity index (χ0v) is 24.2. The molecule has 0 fully saturated rings. The average molecular weight is 588 g/mol. The molecule has 9 nitrogen and oxygen atoms in total. The monoisotopic (exact) mass is 587 g/mol. The summed E-state index contributed by atoms with van der Waals surface area (Å²) in [5.74, 6) is -0.327. The van der Waals surface area contributed by atoms with E-state index in [0.717, 1.165) is 36.1 Å². The van der Waals surface area contributed by atoms with E-state index in [4.69, 9.17) is 16.3 Å². The van der Waals surface area contributed by atoms with E-state index in [1.165, 1.54) is 23.1 Å². The Hall–Kier alpha value is -3.15. The zero-order valence-electron chi connectivity index (χ0n) is 21.8. The Balaban J connectivity index is 1.44. The summed E-state index contributed by atoms with van der Waals surface area (Å²) >= 11 is 8.59. The summed E-state index contributed by atoms with van der Waals surface area (Å²) in [4.78, 5) is 39.4. The number of rotatable bonds is 11.